The second kappa shape index (κ2) is 10.2. The second-order valence-electron chi connectivity index (χ2n) is 9.16. The van der Waals surface area contributed by atoms with E-state index in [-0.39, 0.29) is 11.6 Å². The first-order valence-corrected chi connectivity index (χ1v) is 13.9. The lowest BCUT2D eigenvalue weighted by molar-refractivity contribution is 0.122. The number of pyridine rings is 1. The normalized spacial score (nSPS) is 15.6. The van der Waals surface area contributed by atoms with Crippen molar-refractivity contribution >= 4 is 34.9 Å². The molecular weight excluding hydrogens is 502 g/mol. The summed E-state index contributed by atoms with van der Waals surface area (Å²) in [6.07, 6.45) is 3.62. The van der Waals surface area contributed by atoms with E-state index in [0.717, 1.165) is 47.1 Å². The van der Waals surface area contributed by atoms with Crippen molar-refractivity contribution in [1.82, 2.24) is 15.0 Å². The van der Waals surface area contributed by atoms with E-state index < -0.39 is 0 Å². The zero-order chi connectivity index (χ0) is 25.4. The fourth-order valence-electron chi connectivity index (χ4n) is 4.53. The Labute approximate surface area is 224 Å². The second-order valence-corrected chi connectivity index (χ2v) is 11.3. The number of hydrogen-bond acceptors (Lipinski definition) is 8. The molecule has 2 aliphatic rings. The monoisotopic (exact) mass is 529 g/mol. The van der Waals surface area contributed by atoms with Crippen molar-refractivity contribution in [1.29, 1.82) is 0 Å². The van der Waals surface area contributed by atoms with Gasteiger partial charge >= 0.3 is 0 Å². The highest BCUT2D eigenvalue weighted by atomic mass is 32.2. The predicted molar refractivity (Wildman–Crippen MR) is 149 cm³/mol. The third kappa shape index (κ3) is 5.12. The number of H-pyrrole nitrogens is 1. The van der Waals surface area contributed by atoms with Crippen molar-refractivity contribution in [2.24, 2.45) is 0 Å². The molecule has 6 rings (SSSR count). The zero-order valence-electron chi connectivity index (χ0n) is 20.7. The SMILES string of the molecule is Cc1cnc(C(C)Nc2ccc3c(c2)Sc2cccc(-c4cc(N5CCOCC5)cc(=O)[nH]4)c2S3)cn1. The van der Waals surface area contributed by atoms with Crippen LogP contribution in [0.25, 0.3) is 11.3 Å². The number of aryl methyl sites for hydroxylation is 1. The van der Waals surface area contributed by atoms with Gasteiger partial charge in [0, 0.05) is 61.9 Å². The molecule has 1 atom stereocenters. The standard InChI is InChI=1S/C28H27N5O2S2/c1-17-15-30-23(16-29-17)18(2)31-19-6-7-24-26(12-19)36-25-5-3-4-21(28(25)37-24)22-13-20(14-27(34)32-22)33-8-10-35-11-9-33/h3-7,12-16,18,31H,8-11H2,1-2H3,(H,32,34). The summed E-state index contributed by atoms with van der Waals surface area (Å²) >= 11 is 3.51. The minimum Gasteiger partial charge on any atom is -0.378 e. The lowest BCUT2D eigenvalue weighted by Gasteiger charge is -2.29. The summed E-state index contributed by atoms with van der Waals surface area (Å²) in [5.41, 5.74) is 5.60. The Morgan fingerprint density at radius 1 is 1.00 bits per heavy atom. The van der Waals surface area contributed by atoms with Crippen LogP contribution >= 0.6 is 23.5 Å². The third-order valence-corrected chi connectivity index (χ3v) is 9.07. The van der Waals surface area contributed by atoms with Crippen LogP contribution < -0.4 is 15.8 Å². The van der Waals surface area contributed by atoms with Gasteiger partial charge in [0.15, 0.2) is 0 Å². The van der Waals surface area contributed by atoms with E-state index in [4.69, 9.17) is 4.74 Å². The van der Waals surface area contributed by atoms with Gasteiger partial charge < -0.3 is 19.9 Å². The minimum absolute atomic E-state index is 0.0434. The fraction of sp³-hybridized carbons (Fsp3) is 0.250. The zero-order valence-corrected chi connectivity index (χ0v) is 22.3. The molecule has 2 aliphatic heterocycles. The molecule has 7 nitrogen and oxygen atoms in total. The predicted octanol–water partition coefficient (Wildman–Crippen LogP) is 5.77. The Hall–Kier alpha value is -3.27. The van der Waals surface area contributed by atoms with Crippen LogP contribution in [-0.2, 0) is 4.74 Å². The molecule has 4 heterocycles. The largest absolute Gasteiger partial charge is 0.378 e. The maximum absolute atomic E-state index is 12.6. The van der Waals surface area contributed by atoms with Crippen LogP contribution in [-0.4, -0.2) is 41.3 Å². The maximum Gasteiger partial charge on any atom is 0.250 e. The van der Waals surface area contributed by atoms with E-state index in [1.54, 1.807) is 35.8 Å². The summed E-state index contributed by atoms with van der Waals surface area (Å²) in [4.78, 5) is 31.5. The van der Waals surface area contributed by atoms with E-state index in [1.165, 1.54) is 19.6 Å². The van der Waals surface area contributed by atoms with Gasteiger partial charge in [0.05, 0.1) is 42.5 Å². The molecule has 0 radical (unpaired) electrons. The van der Waals surface area contributed by atoms with E-state index in [0.29, 0.717) is 13.2 Å². The molecule has 0 amide bonds. The topological polar surface area (TPSA) is 83.1 Å². The molecule has 2 N–H and O–H groups in total. The number of benzene rings is 2. The van der Waals surface area contributed by atoms with Crippen molar-refractivity contribution in [3.63, 3.8) is 0 Å². The quantitative estimate of drug-likeness (QED) is 0.297. The Bertz CT molecular complexity index is 1500. The number of aromatic nitrogens is 3. The molecule has 0 spiro atoms. The van der Waals surface area contributed by atoms with Crippen molar-refractivity contribution < 1.29 is 4.74 Å². The summed E-state index contributed by atoms with van der Waals surface area (Å²) in [6, 6.07) is 16.6. The fourth-order valence-corrected chi connectivity index (χ4v) is 6.94. The van der Waals surface area contributed by atoms with Crippen LogP contribution in [0.4, 0.5) is 11.4 Å². The Morgan fingerprint density at radius 3 is 2.68 bits per heavy atom. The van der Waals surface area contributed by atoms with Crippen LogP contribution in [0.2, 0.25) is 0 Å². The van der Waals surface area contributed by atoms with Gasteiger partial charge in [-0.25, -0.2) is 0 Å². The number of aromatic amines is 1. The van der Waals surface area contributed by atoms with E-state index >= 15 is 0 Å². The van der Waals surface area contributed by atoms with Crippen molar-refractivity contribution in [3.05, 3.63) is 82.7 Å². The summed E-state index contributed by atoms with van der Waals surface area (Å²) in [5, 5.41) is 3.55. The number of nitrogens with zero attached hydrogens (tertiary/aromatic N) is 3. The molecule has 2 aromatic heterocycles. The van der Waals surface area contributed by atoms with Crippen LogP contribution in [0.3, 0.4) is 0 Å². The third-order valence-electron chi connectivity index (χ3n) is 6.48. The van der Waals surface area contributed by atoms with Crippen molar-refractivity contribution in [2.75, 3.05) is 36.5 Å². The lowest BCUT2D eigenvalue weighted by atomic mass is 10.1. The van der Waals surface area contributed by atoms with Crippen molar-refractivity contribution in [2.45, 2.75) is 39.5 Å². The van der Waals surface area contributed by atoms with Crippen LogP contribution in [0.1, 0.15) is 24.4 Å². The molecule has 9 heteroatoms. The number of rotatable bonds is 5. The molecule has 0 bridgehead atoms. The van der Waals surface area contributed by atoms with Gasteiger partial charge in [-0.15, -0.1) is 0 Å². The molecule has 0 aliphatic carbocycles. The van der Waals surface area contributed by atoms with E-state index in [9.17, 15) is 4.79 Å². The highest BCUT2D eigenvalue weighted by Gasteiger charge is 2.22. The van der Waals surface area contributed by atoms with Gasteiger partial charge in [0.1, 0.15) is 0 Å². The number of ether oxygens (including phenoxy) is 1. The van der Waals surface area contributed by atoms with Gasteiger partial charge in [0.25, 0.3) is 0 Å². The number of hydrogen-bond donors (Lipinski definition) is 2. The first kappa shape index (κ1) is 24.1. The Morgan fingerprint density at radius 2 is 1.86 bits per heavy atom. The molecule has 0 saturated carbocycles. The van der Waals surface area contributed by atoms with E-state index in [1.807, 2.05) is 13.1 Å². The number of morpholine rings is 1. The van der Waals surface area contributed by atoms with Gasteiger partial charge in [-0.2, -0.15) is 0 Å². The van der Waals surface area contributed by atoms with Gasteiger partial charge in [-0.1, -0.05) is 35.7 Å². The molecule has 1 unspecified atom stereocenters. The molecule has 4 aromatic rings. The minimum atomic E-state index is -0.0893. The van der Waals surface area contributed by atoms with Crippen LogP contribution in [0.15, 0.2) is 85.3 Å². The van der Waals surface area contributed by atoms with Gasteiger partial charge in [-0.3, -0.25) is 14.8 Å². The summed E-state index contributed by atoms with van der Waals surface area (Å²) < 4.78 is 5.49. The molecule has 2 aromatic carbocycles. The maximum atomic E-state index is 12.6. The number of nitrogens with one attached hydrogen (secondary N) is 2. The van der Waals surface area contributed by atoms with Crippen molar-refractivity contribution in [3.8, 4) is 11.3 Å². The molecule has 188 valence electrons. The average molecular weight is 530 g/mol. The highest BCUT2D eigenvalue weighted by molar-refractivity contribution is 8.05. The first-order valence-electron chi connectivity index (χ1n) is 12.3. The van der Waals surface area contributed by atoms with E-state index in [2.05, 4.69) is 74.6 Å². The number of fused-ring (bicyclic) bond motifs is 2. The first-order chi connectivity index (χ1) is 18.0. The van der Waals surface area contributed by atoms with Crippen LogP contribution in [0, 0.1) is 6.92 Å². The highest BCUT2D eigenvalue weighted by Crippen LogP contribution is 2.52. The van der Waals surface area contributed by atoms with Gasteiger partial charge in [-0.05, 0) is 44.2 Å². The smallest absolute Gasteiger partial charge is 0.250 e. The molecule has 1 saturated heterocycles. The van der Waals surface area contributed by atoms with Crippen LogP contribution in [0.5, 0.6) is 0 Å². The Kier molecular flexibility index (Phi) is 6.67. The summed E-state index contributed by atoms with van der Waals surface area (Å²) in [5.74, 6) is 0. The molecule has 1 fully saturated rings. The number of anilines is 2. The van der Waals surface area contributed by atoms with Gasteiger partial charge in [0.2, 0.25) is 5.56 Å². The lowest BCUT2D eigenvalue weighted by Crippen LogP contribution is -2.36. The molecule has 37 heavy (non-hydrogen) atoms. The molecular formula is C28H27N5O2S2. The Balaban J connectivity index is 1.27. The summed E-state index contributed by atoms with van der Waals surface area (Å²) in [6.45, 7) is 6.97. The summed E-state index contributed by atoms with van der Waals surface area (Å²) in [7, 11) is 0. The average Bonchev–Trinajstić information content (AvgIpc) is 2.92.